The second-order valence-corrected chi connectivity index (χ2v) is 4.00. The van der Waals surface area contributed by atoms with Crippen LogP contribution in [0.25, 0.3) is 11.3 Å². The highest BCUT2D eigenvalue weighted by molar-refractivity contribution is 5.80. The monoisotopic (exact) mass is 262 g/mol. The zero-order valence-electron chi connectivity index (χ0n) is 10.1. The standard InChI is InChI=1S/C13H14N2O4/c16-8-12(17)13(18)14-7-9-1-3-10(4-2-9)11-5-6-19-15-11/h1-6,12,16-17H,7-8H2,(H,14,18). The van der Waals surface area contributed by atoms with E-state index in [-0.39, 0.29) is 6.54 Å². The summed E-state index contributed by atoms with van der Waals surface area (Å²) in [5.41, 5.74) is 2.54. The van der Waals surface area contributed by atoms with Gasteiger partial charge < -0.3 is 20.1 Å². The van der Waals surface area contributed by atoms with E-state index in [4.69, 9.17) is 14.7 Å². The fourth-order valence-corrected chi connectivity index (χ4v) is 1.54. The van der Waals surface area contributed by atoms with Crippen molar-refractivity contribution in [3.05, 3.63) is 42.2 Å². The average molecular weight is 262 g/mol. The van der Waals surface area contributed by atoms with Crippen LogP contribution in [-0.4, -0.2) is 34.0 Å². The second kappa shape index (κ2) is 6.12. The quantitative estimate of drug-likeness (QED) is 0.720. The first-order valence-electron chi connectivity index (χ1n) is 5.77. The molecular weight excluding hydrogens is 248 g/mol. The van der Waals surface area contributed by atoms with Crippen LogP contribution in [0.4, 0.5) is 0 Å². The molecule has 1 amide bonds. The topological polar surface area (TPSA) is 95.6 Å². The van der Waals surface area contributed by atoms with Gasteiger partial charge in [0.05, 0.1) is 6.61 Å². The van der Waals surface area contributed by atoms with Crippen LogP contribution in [0.1, 0.15) is 5.56 Å². The first-order valence-corrected chi connectivity index (χ1v) is 5.77. The number of nitrogens with one attached hydrogen (secondary N) is 1. The molecule has 6 nitrogen and oxygen atoms in total. The lowest BCUT2D eigenvalue weighted by molar-refractivity contribution is -0.131. The van der Waals surface area contributed by atoms with Crippen LogP contribution >= 0.6 is 0 Å². The molecule has 0 spiro atoms. The fourth-order valence-electron chi connectivity index (χ4n) is 1.54. The Kier molecular flexibility index (Phi) is 4.27. The minimum atomic E-state index is -1.38. The summed E-state index contributed by atoms with van der Waals surface area (Å²) < 4.78 is 4.76. The van der Waals surface area contributed by atoms with Gasteiger partial charge in [0.2, 0.25) is 0 Å². The molecule has 0 saturated heterocycles. The number of hydrogen-bond donors (Lipinski definition) is 3. The first-order chi connectivity index (χ1) is 9.20. The number of hydrogen-bond acceptors (Lipinski definition) is 5. The average Bonchev–Trinajstić information content (AvgIpc) is 2.98. The van der Waals surface area contributed by atoms with Gasteiger partial charge in [0.25, 0.3) is 5.91 Å². The van der Waals surface area contributed by atoms with Crippen molar-refractivity contribution in [1.29, 1.82) is 0 Å². The van der Waals surface area contributed by atoms with Crippen LogP contribution in [0, 0.1) is 0 Å². The minimum Gasteiger partial charge on any atom is -0.393 e. The molecule has 1 atom stereocenters. The Morgan fingerprint density at radius 3 is 2.63 bits per heavy atom. The molecule has 2 rings (SSSR count). The van der Waals surface area contributed by atoms with E-state index in [1.807, 2.05) is 24.3 Å². The Morgan fingerprint density at radius 2 is 2.05 bits per heavy atom. The Morgan fingerprint density at radius 1 is 1.32 bits per heavy atom. The molecule has 0 aliphatic rings. The number of rotatable bonds is 5. The van der Waals surface area contributed by atoms with E-state index in [1.165, 1.54) is 6.26 Å². The van der Waals surface area contributed by atoms with Crippen molar-refractivity contribution >= 4 is 5.91 Å². The van der Waals surface area contributed by atoms with Crippen LogP contribution in [0.3, 0.4) is 0 Å². The second-order valence-electron chi connectivity index (χ2n) is 4.00. The van der Waals surface area contributed by atoms with Gasteiger partial charge >= 0.3 is 0 Å². The van der Waals surface area contributed by atoms with Gasteiger partial charge in [-0.25, -0.2) is 0 Å². The van der Waals surface area contributed by atoms with Crippen molar-refractivity contribution in [2.75, 3.05) is 6.61 Å². The van der Waals surface area contributed by atoms with Crippen LogP contribution < -0.4 is 5.32 Å². The van der Waals surface area contributed by atoms with Gasteiger partial charge in [-0.05, 0) is 5.56 Å². The summed E-state index contributed by atoms with van der Waals surface area (Å²) in [6.07, 6.45) is 0.120. The third-order valence-electron chi connectivity index (χ3n) is 2.63. The molecule has 0 saturated carbocycles. The maximum atomic E-state index is 11.3. The summed E-state index contributed by atoms with van der Waals surface area (Å²) in [5, 5.41) is 24.1. The van der Waals surface area contributed by atoms with Crippen molar-refractivity contribution < 1.29 is 19.5 Å². The van der Waals surface area contributed by atoms with Gasteiger partial charge in [-0.15, -0.1) is 0 Å². The summed E-state index contributed by atoms with van der Waals surface area (Å²) >= 11 is 0. The molecule has 1 aromatic heterocycles. The Labute approximate surface area is 109 Å². The maximum absolute atomic E-state index is 11.3. The van der Waals surface area contributed by atoms with Crippen molar-refractivity contribution in [2.45, 2.75) is 12.6 Å². The van der Waals surface area contributed by atoms with Crippen LogP contribution in [0.5, 0.6) is 0 Å². The molecule has 0 bridgehead atoms. The van der Waals surface area contributed by atoms with Crippen molar-refractivity contribution in [1.82, 2.24) is 10.5 Å². The first kappa shape index (κ1) is 13.3. The van der Waals surface area contributed by atoms with Gasteiger partial charge in [-0.1, -0.05) is 29.4 Å². The largest absolute Gasteiger partial charge is 0.393 e. The number of amides is 1. The van der Waals surface area contributed by atoms with E-state index in [1.54, 1.807) is 6.07 Å². The Bertz CT molecular complexity index is 522. The van der Waals surface area contributed by atoms with Gasteiger partial charge in [0.1, 0.15) is 12.0 Å². The van der Waals surface area contributed by atoms with E-state index >= 15 is 0 Å². The number of aromatic nitrogens is 1. The molecule has 2 aromatic rings. The molecular formula is C13H14N2O4. The van der Waals surface area contributed by atoms with Crippen molar-refractivity contribution in [3.8, 4) is 11.3 Å². The molecule has 3 N–H and O–H groups in total. The molecule has 6 heteroatoms. The number of nitrogens with zero attached hydrogens (tertiary/aromatic N) is 1. The van der Waals surface area contributed by atoms with Crippen LogP contribution in [0.15, 0.2) is 41.1 Å². The van der Waals surface area contributed by atoms with Crippen molar-refractivity contribution in [3.63, 3.8) is 0 Å². The van der Waals surface area contributed by atoms with E-state index in [0.29, 0.717) is 0 Å². The predicted molar refractivity (Wildman–Crippen MR) is 66.9 cm³/mol. The molecule has 19 heavy (non-hydrogen) atoms. The molecule has 0 radical (unpaired) electrons. The van der Waals surface area contributed by atoms with Gasteiger partial charge in [-0.3, -0.25) is 4.79 Å². The lowest BCUT2D eigenvalue weighted by Gasteiger charge is -2.09. The molecule has 0 aliphatic heterocycles. The zero-order chi connectivity index (χ0) is 13.7. The van der Waals surface area contributed by atoms with E-state index < -0.39 is 18.6 Å². The summed E-state index contributed by atoms with van der Waals surface area (Å²) in [7, 11) is 0. The number of carbonyl (C=O) groups is 1. The number of benzene rings is 1. The van der Waals surface area contributed by atoms with E-state index in [0.717, 1.165) is 16.8 Å². The van der Waals surface area contributed by atoms with E-state index in [9.17, 15) is 4.79 Å². The van der Waals surface area contributed by atoms with E-state index in [2.05, 4.69) is 10.5 Å². The number of carbonyl (C=O) groups excluding carboxylic acids is 1. The molecule has 1 heterocycles. The maximum Gasteiger partial charge on any atom is 0.251 e. The molecule has 1 aromatic carbocycles. The summed E-state index contributed by atoms with van der Waals surface area (Å²) in [4.78, 5) is 11.3. The van der Waals surface area contributed by atoms with Gasteiger partial charge in [0.15, 0.2) is 6.10 Å². The lowest BCUT2D eigenvalue weighted by atomic mass is 10.1. The number of aliphatic hydroxyl groups excluding tert-OH is 2. The summed E-state index contributed by atoms with van der Waals surface area (Å²) in [6, 6.07) is 9.17. The Hall–Kier alpha value is -2.18. The lowest BCUT2D eigenvalue weighted by Crippen LogP contribution is -2.36. The SMILES string of the molecule is O=C(NCc1ccc(-c2ccon2)cc1)C(O)CO. The third-order valence-corrected chi connectivity index (χ3v) is 2.63. The fraction of sp³-hybridized carbons (Fsp3) is 0.231. The summed E-state index contributed by atoms with van der Waals surface area (Å²) in [6.45, 7) is -0.300. The molecule has 1 unspecified atom stereocenters. The normalized spacial score (nSPS) is 12.1. The van der Waals surface area contributed by atoms with Crippen LogP contribution in [-0.2, 0) is 11.3 Å². The molecule has 0 fully saturated rings. The predicted octanol–water partition coefficient (Wildman–Crippen LogP) is 0.311. The number of aliphatic hydroxyl groups is 2. The van der Waals surface area contributed by atoms with Crippen molar-refractivity contribution in [2.24, 2.45) is 0 Å². The zero-order valence-corrected chi connectivity index (χ0v) is 10.1. The smallest absolute Gasteiger partial charge is 0.251 e. The Balaban J connectivity index is 1.94. The summed E-state index contributed by atoms with van der Waals surface area (Å²) in [5.74, 6) is -0.594. The van der Waals surface area contributed by atoms with Gasteiger partial charge in [-0.2, -0.15) is 0 Å². The third kappa shape index (κ3) is 3.40. The van der Waals surface area contributed by atoms with Gasteiger partial charge in [0, 0.05) is 18.2 Å². The molecule has 0 aliphatic carbocycles. The van der Waals surface area contributed by atoms with Crippen LogP contribution in [0.2, 0.25) is 0 Å². The highest BCUT2D eigenvalue weighted by Gasteiger charge is 2.12. The highest BCUT2D eigenvalue weighted by Crippen LogP contribution is 2.17. The highest BCUT2D eigenvalue weighted by atomic mass is 16.5. The minimum absolute atomic E-state index is 0.287. The molecule has 100 valence electrons.